The first-order valence-corrected chi connectivity index (χ1v) is 11.6. The summed E-state index contributed by atoms with van der Waals surface area (Å²) in [5, 5.41) is 0. The molecule has 0 aliphatic heterocycles. The van der Waals surface area contributed by atoms with Crippen molar-refractivity contribution < 1.29 is 0 Å². The fraction of sp³-hybridized carbons (Fsp3) is 0.625. The third-order valence-corrected chi connectivity index (χ3v) is 6.92. The lowest BCUT2D eigenvalue weighted by Gasteiger charge is -2.04. The van der Waals surface area contributed by atoms with Crippen LogP contribution in [0.1, 0.15) is 12.8 Å². The first kappa shape index (κ1) is 18.8. The number of rotatable bonds is 14. The summed E-state index contributed by atoms with van der Waals surface area (Å²) in [5.74, 6) is 7.62. The van der Waals surface area contributed by atoms with Crippen LogP contribution in [0.5, 0.6) is 0 Å². The van der Waals surface area contributed by atoms with Gasteiger partial charge in [0.25, 0.3) is 0 Å². The topological polar surface area (TPSA) is 35.6 Å². The van der Waals surface area contributed by atoms with Crippen LogP contribution in [0.3, 0.4) is 0 Å². The third kappa shape index (κ3) is 9.37. The Morgan fingerprint density at radius 3 is 1.43 bits per heavy atom. The highest BCUT2D eigenvalue weighted by atomic mass is 32.2. The van der Waals surface area contributed by atoms with E-state index in [1.165, 1.54) is 47.4 Å². The normalized spacial score (nSPS) is 11.1. The van der Waals surface area contributed by atoms with Crippen LogP contribution in [-0.4, -0.2) is 53.6 Å². The SMILES string of the molecule is c1cn(CCCSCCSCCSCCCn2ccnc2)cn1. The molecule has 0 aromatic carbocycles. The Morgan fingerprint density at radius 1 is 0.609 bits per heavy atom. The molecule has 0 aliphatic rings. The van der Waals surface area contributed by atoms with Crippen molar-refractivity contribution in [1.82, 2.24) is 19.1 Å². The highest BCUT2D eigenvalue weighted by molar-refractivity contribution is 8.04. The van der Waals surface area contributed by atoms with Gasteiger partial charge in [0.15, 0.2) is 0 Å². The summed E-state index contributed by atoms with van der Waals surface area (Å²) in [6, 6.07) is 0. The molecule has 0 N–H and O–H groups in total. The van der Waals surface area contributed by atoms with E-state index < -0.39 is 0 Å². The summed E-state index contributed by atoms with van der Waals surface area (Å²) in [6.45, 7) is 2.19. The van der Waals surface area contributed by atoms with Crippen LogP contribution in [0.2, 0.25) is 0 Å². The Balaban J connectivity index is 1.27. The molecule has 0 unspecified atom stereocenters. The van der Waals surface area contributed by atoms with Crippen LogP contribution in [-0.2, 0) is 13.1 Å². The summed E-state index contributed by atoms with van der Waals surface area (Å²) >= 11 is 6.24. The van der Waals surface area contributed by atoms with Crippen molar-refractivity contribution >= 4 is 35.3 Å². The van der Waals surface area contributed by atoms with Gasteiger partial charge >= 0.3 is 0 Å². The predicted molar refractivity (Wildman–Crippen MR) is 106 cm³/mol. The van der Waals surface area contributed by atoms with Crippen molar-refractivity contribution in [3.8, 4) is 0 Å². The lowest BCUT2D eigenvalue weighted by atomic mass is 10.5. The molecule has 23 heavy (non-hydrogen) atoms. The first-order chi connectivity index (χ1) is 11.4. The Bertz CT molecular complexity index is 429. The standard InChI is InChI=1S/C16H26N4S3/c1(5-19-7-3-17-15-19)9-21-11-13-23-14-12-22-10-2-6-20-8-4-18-16-20/h3-4,7-8,15-16H,1-2,5-6,9-14H2. The average molecular weight is 371 g/mol. The van der Waals surface area contributed by atoms with Crippen molar-refractivity contribution in [2.75, 3.05) is 34.5 Å². The van der Waals surface area contributed by atoms with Gasteiger partial charge in [-0.3, -0.25) is 0 Å². The zero-order valence-electron chi connectivity index (χ0n) is 13.5. The van der Waals surface area contributed by atoms with Crippen molar-refractivity contribution in [2.24, 2.45) is 0 Å². The summed E-state index contributed by atoms with van der Waals surface area (Å²) in [6.07, 6.45) is 14.0. The van der Waals surface area contributed by atoms with Gasteiger partial charge in [0.2, 0.25) is 0 Å². The van der Waals surface area contributed by atoms with Crippen molar-refractivity contribution in [1.29, 1.82) is 0 Å². The molecule has 2 rings (SSSR count). The van der Waals surface area contributed by atoms with Crippen LogP contribution in [0, 0.1) is 0 Å². The molecule has 4 nitrogen and oxygen atoms in total. The van der Waals surface area contributed by atoms with Gasteiger partial charge in [-0.15, -0.1) is 0 Å². The lowest BCUT2D eigenvalue weighted by molar-refractivity contribution is 0.683. The van der Waals surface area contributed by atoms with Gasteiger partial charge in [0.05, 0.1) is 12.7 Å². The van der Waals surface area contributed by atoms with E-state index in [4.69, 9.17) is 0 Å². The van der Waals surface area contributed by atoms with Crippen LogP contribution >= 0.6 is 35.3 Å². The minimum Gasteiger partial charge on any atom is -0.337 e. The van der Waals surface area contributed by atoms with Crippen LogP contribution in [0.15, 0.2) is 37.4 Å². The Morgan fingerprint density at radius 2 is 1.04 bits per heavy atom. The lowest BCUT2D eigenvalue weighted by Crippen LogP contribution is -1.98. The fourth-order valence-corrected chi connectivity index (χ4v) is 5.24. The molecule has 128 valence electrons. The zero-order valence-corrected chi connectivity index (χ0v) is 16.0. The Hall–Kier alpha value is -0.530. The Kier molecular flexibility index (Phi) is 10.5. The van der Waals surface area contributed by atoms with E-state index in [9.17, 15) is 0 Å². The number of hydrogen-bond acceptors (Lipinski definition) is 5. The summed E-state index contributed by atoms with van der Waals surface area (Å²) in [5.41, 5.74) is 0. The molecule has 0 saturated heterocycles. The van der Waals surface area contributed by atoms with Crippen molar-refractivity contribution in [2.45, 2.75) is 25.9 Å². The maximum Gasteiger partial charge on any atom is 0.0945 e. The largest absolute Gasteiger partial charge is 0.337 e. The molecule has 0 amide bonds. The quantitative estimate of drug-likeness (QED) is 0.473. The van der Waals surface area contributed by atoms with Gasteiger partial charge < -0.3 is 9.13 Å². The third-order valence-electron chi connectivity index (χ3n) is 3.27. The number of aryl methyl sites for hydroxylation is 2. The molecular weight excluding hydrogens is 344 g/mol. The number of nitrogens with zero attached hydrogens (tertiary/aromatic N) is 4. The van der Waals surface area contributed by atoms with Gasteiger partial charge in [0, 0.05) is 60.9 Å². The predicted octanol–water partition coefficient (Wildman–Crippen LogP) is 3.76. The molecule has 0 saturated carbocycles. The average Bonchev–Trinajstić information content (AvgIpc) is 3.25. The molecule has 7 heteroatoms. The molecular formula is C16H26N4S3. The molecule has 2 aromatic heterocycles. The van der Waals surface area contributed by atoms with E-state index in [1.807, 2.05) is 37.4 Å². The number of hydrogen-bond donors (Lipinski definition) is 0. The van der Waals surface area contributed by atoms with E-state index in [2.05, 4.69) is 54.4 Å². The molecule has 0 fully saturated rings. The molecule has 0 radical (unpaired) electrons. The number of aromatic nitrogens is 4. The monoisotopic (exact) mass is 370 g/mol. The molecule has 2 aromatic rings. The second-order valence-corrected chi connectivity index (χ2v) is 8.82. The molecule has 0 bridgehead atoms. The smallest absolute Gasteiger partial charge is 0.0945 e. The van der Waals surface area contributed by atoms with Crippen LogP contribution < -0.4 is 0 Å². The molecule has 2 heterocycles. The maximum absolute atomic E-state index is 4.06. The van der Waals surface area contributed by atoms with Gasteiger partial charge in [-0.25, -0.2) is 9.97 Å². The minimum atomic E-state index is 1.09. The van der Waals surface area contributed by atoms with E-state index in [0.717, 1.165) is 13.1 Å². The first-order valence-electron chi connectivity index (χ1n) is 8.10. The van der Waals surface area contributed by atoms with Gasteiger partial charge in [-0.05, 0) is 24.3 Å². The second kappa shape index (κ2) is 12.8. The minimum absolute atomic E-state index is 1.09. The van der Waals surface area contributed by atoms with Gasteiger partial charge in [-0.1, -0.05) is 0 Å². The maximum atomic E-state index is 4.06. The summed E-state index contributed by atoms with van der Waals surface area (Å²) in [4.78, 5) is 8.11. The second-order valence-electron chi connectivity index (χ2n) is 5.15. The van der Waals surface area contributed by atoms with E-state index in [0.29, 0.717) is 0 Å². The van der Waals surface area contributed by atoms with Crippen molar-refractivity contribution in [3.05, 3.63) is 37.4 Å². The van der Waals surface area contributed by atoms with E-state index in [-0.39, 0.29) is 0 Å². The van der Waals surface area contributed by atoms with Crippen LogP contribution in [0.4, 0.5) is 0 Å². The van der Waals surface area contributed by atoms with Crippen molar-refractivity contribution in [3.63, 3.8) is 0 Å². The molecule has 0 atom stereocenters. The summed E-state index contributed by atoms with van der Waals surface area (Å²) < 4.78 is 4.30. The highest BCUT2D eigenvalue weighted by Crippen LogP contribution is 2.12. The highest BCUT2D eigenvalue weighted by Gasteiger charge is 1.95. The van der Waals surface area contributed by atoms with Crippen LogP contribution in [0.25, 0.3) is 0 Å². The Labute approximate surface area is 152 Å². The van der Waals surface area contributed by atoms with E-state index >= 15 is 0 Å². The van der Waals surface area contributed by atoms with Gasteiger partial charge in [-0.2, -0.15) is 35.3 Å². The summed E-state index contributed by atoms with van der Waals surface area (Å²) in [7, 11) is 0. The van der Waals surface area contributed by atoms with E-state index in [1.54, 1.807) is 0 Å². The molecule has 0 aliphatic carbocycles. The number of imidazole rings is 2. The van der Waals surface area contributed by atoms with Gasteiger partial charge in [0.1, 0.15) is 0 Å². The number of thioether (sulfide) groups is 3. The zero-order chi connectivity index (χ0) is 16.0. The molecule has 0 spiro atoms. The fourth-order valence-electron chi connectivity index (χ4n) is 2.08.